The molecule has 0 bridgehead atoms. The van der Waals surface area contributed by atoms with Crippen LogP contribution in [0.1, 0.15) is 11.3 Å². The number of halogens is 4. The highest BCUT2D eigenvalue weighted by molar-refractivity contribution is 9.10. The third-order valence-corrected chi connectivity index (χ3v) is 3.96. The number of thiazole rings is 1. The van der Waals surface area contributed by atoms with Gasteiger partial charge >= 0.3 is 6.18 Å². The molecule has 1 aromatic heterocycles. The number of hydrogen-bond acceptors (Lipinski definition) is 2. The summed E-state index contributed by atoms with van der Waals surface area (Å²) in [7, 11) is 0. The molecule has 0 saturated carbocycles. The van der Waals surface area contributed by atoms with Crippen molar-refractivity contribution in [2.24, 2.45) is 0 Å². The summed E-state index contributed by atoms with van der Waals surface area (Å²) in [6.07, 6.45) is -4.38. The molecule has 0 fully saturated rings. The standard InChI is InChI=1S/C11H7BrF3NS/c1-6-2-3-7(4-8(6)12)10-16-9(5-17-10)11(13,14)15/h2-5H,1H3. The molecular weight excluding hydrogens is 315 g/mol. The molecule has 1 heterocycles. The molecule has 0 unspecified atom stereocenters. The highest BCUT2D eigenvalue weighted by atomic mass is 79.9. The minimum absolute atomic E-state index is 0.373. The van der Waals surface area contributed by atoms with E-state index in [-0.39, 0.29) is 0 Å². The van der Waals surface area contributed by atoms with Gasteiger partial charge in [-0.1, -0.05) is 28.1 Å². The Kier molecular flexibility index (Phi) is 3.27. The van der Waals surface area contributed by atoms with Crippen molar-refractivity contribution in [1.82, 2.24) is 4.98 Å². The van der Waals surface area contributed by atoms with Crippen LogP contribution in [0.3, 0.4) is 0 Å². The first-order valence-corrected chi connectivity index (χ1v) is 6.34. The fraction of sp³-hybridized carbons (Fsp3) is 0.182. The second kappa shape index (κ2) is 4.42. The molecule has 1 nitrogen and oxygen atoms in total. The molecule has 6 heteroatoms. The molecule has 0 amide bonds. The van der Waals surface area contributed by atoms with Gasteiger partial charge in [0.2, 0.25) is 0 Å². The van der Waals surface area contributed by atoms with Gasteiger partial charge in [-0.15, -0.1) is 11.3 Å². The van der Waals surface area contributed by atoms with Crippen LogP contribution in [0, 0.1) is 6.92 Å². The summed E-state index contributed by atoms with van der Waals surface area (Å²) in [5.74, 6) is 0. The molecule has 0 atom stereocenters. The molecule has 0 aliphatic rings. The van der Waals surface area contributed by atoms with Crippen LogP contribution >= 0.6 is 27.3 Å². The van der Waals surface area contributed by atoms with Gasteiger partial charge in [-0.3, -0.25) is 0 Å². The minimum Gasteiger partial charge on any atom is -0.232 e. The first-order valence-electron chi connectivity index (χ1n) is 4.67. The molecule has 90 valence electrons. The molecule has 2 aromatic rings. The predicted octanol–water partition coefficient (Wildman–Crippen LogP) is 4.90. The summed E-state index contributed by atoms with van der Waals surface area (Å²) in [6, 6.07) is 5.38. The van der Waals surface area contributed by atoms with Gasteiger partial charge in [-0.05, 0) is 18.6 Å². The van der Waals surface area contributed by atoms with Crippen molar-refractivity contribution in [3.05, 3.63) is 39.3 Å². The van der Waals surface area contributed by atoms with E-state index in [1.807, 2.05) is 13.0 Å². The first kappa shape index (κ1) is 12.6. The lowest BCUT2D eigenvalue weighted by Crippen LogP contribution is -2.04. The summed E-state index contributed by atoms with van der Waals surface area (Å²) < 4.78 is 38.0. The highest BCUT2D eigenvalue weighted by Crippen LogP contribution is 2.34. The second-order valence-corrected chi connectivity index (χ2v) is 5.21. The third-order valence-electron chi connectivity index (χ3n) is 2.21. The van der Waals surface area contributed by atoms with Gasteiger partial charge in [0.05, 0.1) is 0 Å². The average Bonchev–Trinajstić information content (AvgIpc) is 2.70. The van der Waals surface area contributed by atoms with Crippen molar-refractivity contribution in [2.45, 2.75) is 13.1 Å². The van der Waals surface area contributed by atoms with E-state index < -0.39 is 11.9 Å². The minimum atomic E-state index is -4.38. The quantitative estimate of drug-likeness (QED) is 0.728. The van der Waals surface area contributed by atoms with E-state index in [1.165, 1.54) is 0 Å². The number of rotatable bonds is 1. The Morgan fingerprint density at radius 1 is 1.29 bits per heavy atom. The van der Waals surface area contributed by atoms with Crippen LogP contribution in [0.4, 0.5) is 13.2 Å². The Labute approximate surface area is 108 Å². The zero-order valence-corrected chi connectivity index (χ0v) is 11.1. The fourth-order valence-electron chi connectivity index (χ4n) is 1.26. The van der Waals surface area contributed by atoms with E-state index in [4.69, 9.17) is 0 Å². The van der Waals surface area contributed by atoms with E-state index >= 15 is 0 Å². The molecule has 0 spiro atoms. The summed E-state index contributed by atoms with van der Waals surface area (Å²) in [6.45, 7) is 1.91. The molecule has 0 aliphatic heterocycles. The normalized spacial score (nSPS) is 11.8. The van der Waals surface area contributed by atoms with Crippen LogP contribution in [0.25, 0.3) is 10.6 Å². The van der Waals surface area contributed by atoms with E-state index in [1.54, 1.807) is 12.1 Å². The van der Waals surface area contributed by atoms with Gasteiger partial charge in [0.1, 0.15) is 5.01 Å². The second-order valence-electron chi connectivity index (χ2n) is 3.50. The Morgan fingerprint density at radius 2 is 2.00 bits per heavy atom. The van der Waals surface area contributed by atoms with Crippen LogP contribution in [-0.2, 0) is 6.18 Å². The first-order chi connectivity index (χ1) is 7.88. The van der Waals surface area contributed by atoms with E-state index in [2.05, 4.69) is 20.9 Å². The monoisotopic (exact) mass is 321 g/mol. The van der Waals surface area contributed by atoms with Crippen LogP contribution < -0.4 is 0 Å². The van der Waals surface area contributed by atoms with Crippen molar-refractivity contribution < 1.29 is 13.2 Å². The van der Waals surface area contributed by atoms with Crippen LogP contribution in [0.5, 0.6) is 0 Å². The van der Waals surface area contributed by atoms with Gasteiger partial charge in [0.15, 0.2) is 5.69 Å². The lowest BCUT2D eigenvalue weighted by atomic mass is 10.2. The number of aryl methyl sites for hydroxylation is 1. The third kappa shape index (κ3) is 2.69. The van der Waals surface area contributed by atoms with Gasteiger partial charge in [0, 0.05) is 15.4 Å². The van der Waals surface area contributed by atoms with Gasteiger partial charge in [0.25, 0.3) is 0 Å². The smallest absolute Gasteiger partial charge is 0.232 e. The van der Waals surface area contributed by atoms with Gasteiger partial charge in [-0.2, -0.15) is 13.2 Å². The van der Waals surface area contributed by atoms with Crippen molar-refractivity contribution in [3.63, 3.8) is 0 Å². The van der Waals surface area contributed by atoms with Crippen molar-refractivity contribution in [3.8, 4) is 10.6 Å². The highest BCUT2D eigenvalue weighted by Gasteiger charge is 2.33. The Morgan fingerprint density at radius 3 is 2.53 bits per heavy atom. The lowest BCUT2D eigenvalue weighted by molar-refractivity contribution is -0.140. The number of aromatic nitrogens is 1. The molecule has 1 aromatic carbocycles. The molecule has 0 N–H and O–H groups in total. The number of benzene rings is 1. The maximum Gasteiger partial charge on any atom is 0.434 e. The van der Waals surface area contributed by atoms with E-state index in [0.29, 0.717) is 10.6 Å². The van der Waals surface area contributed by atoms with E-state index in [9.17, 15) is 13.2 Å². The topological polar surface area (TPSA) is 12.9 Å². The Bertz CT molecular complexity index is 548. The number of alkyl halides is 3. The van der Waals surface area contributed by atoms with Crippen LogP contribution in [0.15, 0.2) is 28.1 Å². The van der Waals surface area contributed by atoms with Crippen LogP contribution in [0.2, 0.25) is 0 Å². The Hall–Kier alpha value is -0.880. The summed E-state index contributed by atoms with van der Waals surface area (Å²) in [5.41, 5.74) is 0.874. The SMILES string of the molecule is Cc1ccc(-c2nc(C(F)(F)F)cs2)cc1Br. The number of hydrogen-bond donors (Lipinski definition) is 0. The molecule has 0 radical (unpaired) electrons. The summed E-state index contributed by atoms with van der Waals surface area (Å²) in [5, 5.41) is 1.40. The maximum atomic E-state index is 12.4. The summed E-state index contributed by atoms with van der Waals surface area (Å²) >= 11 is 4.34. The lowest BCUT2D eigenvalue weighted by Gasteiger charge is -2.02. The molecule has 0 aliphatic carbocycles. The summed E-state index contributed by atoms with van der Waals surface area (Å²) in [4.78, 5) is 3.60. The van der Waals surface area contributed by atoms with Crippen molar-refractivity contribution in [2.75, 3.05) is 0 Å². The van der Waals surface area contributed by atoms with Crippen molar-refractivity contribution in [1.29, 1.82) is 0 Å². The zero-order chi connectivity index (χ0) is 12.6. The zero-order valence-electron chi connectivity index (χ0n) is 8.68. The maximum absolute atomic E-state index is 12.4. The molecular formula is C11H7BrF3NS. The van der Waals surface area contributed by atoms with E-state index in [0.717, 1.165) is 26.8 Å². The average molecular weight is 322 g/mol. The largest absolute Gasteiger partial charge is 0.434 e. The predicted molar refractivity (Wildman–Crippen MR) is 65.0 cm³/mol. The number of nitrogens with zero attached hydrogens (tertiary/aromatic N) is 1. The van der Waals surface area contributed by atoms with Crippen LogP contribution in [-0.4, -0.2) is 4.98 Å². The molecule has 17 heavy (non-hydrogen) atoms. The van der Waals surface area contributed by atoms with Crippen molar-refractivity contribution >= 4 is 27.3 Å². The molecule has 2 rings (SSSR count). The van der Waals surface area contributed by atoms with Gasteiger partial charge in [-0.25, -0.2) is 4.98 Å². The fourth-order valence-corrected chi connectivity index (χ4v) is 2.46. The van der Waals surface area contributed by atoms with Gasteiger partial charge < -0.3 is 0 Å². The molecule has 0 saturated heterocycles. The Balaban J connectivity index is 2.40.